The maximum atomic E-state index is 12.8. The molecule has 0 aliphatic carbocycles. The molecule has 0 fully saturated rings. The molecule has 0 aromatic carbocycles. The van der Waals surface area contributed by atoms with Crippen molar-refractivity contribution in [3.63, 3.8) is 0 Å². The summed E-state index contributed by atoms with van der Waals surface area (Å²) in [6.45, 7) is 3.52. The normalized spacial score (nSPS) is 15.2. The largest absolute Gasteiger partial charge is 0.419 e. The Morgan fingerprint density at radius 1 is 1.39 bits per heavy atom. The highest BCUT2D eigenvalue weighted by Gasteiger charge is 2.35. The van der Waals surface area contributed by atoms with E-state index in [1.54, 1.807) is 6.92 Å². The minimum absolute atomic E-state index is 0.0917. The van der Waals surface area contributed by atoms with Gasteiger partial charge in [-0.2, -0.15) is 13.2 Å². The monoisotopic (exact) mass is 262 g/mol. The molecular weight excluding hydrogens is 245 g/mol. The van der Waals surface area contributed by atoms with Gasteiger partial charge in [-0.15, -0.1) is 0 Å². The second-order valence-electron chi connectivity index (χ2n) is 4.41. The van der Waals surface area contributed by atoms with E-state index in [4.69, 9.17) is 5.11 Å². The Hall–Kier alpha value is -1.30. The third-order valence-corrected chi connectivity index (χ3v) is 2.98. The lowest BCUT2D eigenvalue weighted by Gasteiger charge is -2.30. The first kappa shape index (κ1) is 14.8. The molecule has 0 saturated carbocycles. The second kappa shape index (κ2) is 5.56. The predicted octanol–water partition coefficient (Wildman–Crippen LogP) is 3.06. The van der Waals surface area contributed by atoms with E-state index < -0.39 is 17.3 Å². The van der Waals surface area contributed by atoms with Gasteiger partial charge in [0.05, 0.1) is 5.56 Å². The van der Waals surface area contributed by atoms with Gasteiger partial charge in [-0.25, -0.2) is 4.98 Å². The van der Waals surface area contributed by atoms with Gasteiger partial charge in [-0.05, 0) is 31.9 Å². The molecule has 0 saturated heterocycles. The number of rotatable bonds is 5. The van der Waals surface area contributed by atoms with E-state index >= 15 is 0 Å². The number of aromatic nitrogens is 1. The van der Waals surface area contributed by atoms with Crippen molar-refractivity contribution in [2.75, 3.05) is 11.9 Å². The highest BCUT2D eigenvalue weighted by atomic mass is 19.4. The van der Waals surface area contributed by atoms with Gasteiger partial charge in [0, 0.05) is 18.3 Å². The molecule has 3 nitrogen and oxygen atoms in total. The van der Waals surface area contributed by atoms with Crippen LogP contribution in [0.5, 0.6) is 0 Å². The minimum atomic E-state index is -4.44. The first-order valence-corrected chi connectivity index (χ1v) is 5.73. The van der Waals surface area contributed by atoms with Crippen molar-refractivity contribution >= 4 is 5.82 Å². The van der Waals surface area contributed by atoms with Gasteiger partial charge in [0.2, 0.25) is 0 Å². The maximum Gasteiger partial charge on any atom is 0.419 e. The molecule has 18 heavy (non-hydrogen) atoms. The molecule has 6 heteroatoms. The number of anilines is 1. The molecule has 1 aromatic heterocycles. The Morgan fingerprint density at radius 3 is 2.56 bits per heavy atom. The molecule has 2 N–H and O–H groups in total. The Bertz CT molecular complexity index is 395. The molecule has 0 radical (unpaired) electrons. The van der Waals surface area contributed by atoms with E-state index in [2.05, 4.69) is 10.3 Å². The number of nitrogens with one attached hydrogen (secondary N) is 1. The zero-order valence-corrected chi connectivity index (χ0v) is 10.4. The standard InChI is InChI=1S/C12H17F3N2O/c1-3-11(2,6-8-18)17-10-9(12(13,14)15)5-4-7-16-10/h4-5,7,18H,3,6,8H2,1-2H3,(H,16,17). The lowest BCUT2D eigenvalue weighted by Crippen LogP contribution is -2.36. The molecular formula is C12H17F3N2O. The van der Waals surface area contributed by atoms with Gasteiger partial charge in [-0.1, -0.05) is 6.92 Å². The van der Waals surface area contributed by atoms with Crippen LogP contribution in [0, 0.1) is 0 Å². The van der Waals surface area contributed by atoms with E-state index in [1.807, 2.05) is 6.92 Å². The highest BCUT2D eigenvalue weighted by Crippen LogP contribution is 2.35. The fourth-order valence-corrected chi connectivity index (χ4v) is 1.59. The fraction of sp³-hybridized carbons (Fsp3) is 0.583. The number of aliphatic hydroxyl groups excluding tert-OH is 1. The second-order valence-corrected chi connectivity index (χ2v) is 4.41. The summed E-state index contributed by atoms with van der Waals surface area (Å²) in [5.74, 6) is -0.192. The molecule has 1 aromatic rings. The number of halogens is 3. The van der Waals surface area contributed by atoms with Gasteiger partial charge < -0.3 is 10.4 Å². The Kier molecular flexibility index (Phi) is 4.56. The summed E-state index contributed by atoms with van der Waals surface area (Å²) < 4.78 is 38.4. The van der Waals surface area contributed by atoms with Crippen molar-refractivity contribution in [1.82, 2.24) is 4.98 Å². The first-order chi connectivity index (χ1) is 8.32. The third kappa shape index (κ3) is 3.60. The molecule has 102 valence electrons. The maximum absolute atomic E-state index is 12.8. The Morgan fingerprint density at radius 2 is 2.06 bits per heavy atom. The minimum Gasteiger partial charge on any atom is -0.396 e. The van der Waals surface area contributed by atoms with Crippen LogP contribution < -0.4 is 5.32 Å². The fourth-order valence-electron chi connectivity index (χ4n) is 1.59. The molecule has 1 unspecified atom stereocenters. The molecule has 0 amide bonds. The van der Waals surface area contributed by atoms with Crippen molar-refractivity contribution in [2.45, 2.75) is 38.4 Å². The van der Waals surface area contributed by atoms with Gasteiger partial charge >= 0.3 is 6.18 Å². The molecule has 0 spiro atoms. The van der Waals surface area contributed by atoms with Crippen molar-refractivity contribution < 1.29 is 18.3 Å². The number of aliphatic hydroxyl groups is 1. The van der Waals surface area contributed by atoms with Gasteiger partial charge in [0.1, 0.15) is 5.82 Å². The summed E-state index contributed by atoms with van der Waals surface area (Å²) in [7, 11) is 0. The average molecular weight is 262 g/mol. The molecule has 1 heterocycles. The van der Waals surface area contributed by atoms with Gasteiger partial charge in [0.15, 0.2) is 0 Å². The number of alkyl halides is 3. The van der Waals surface area contributed by atoms with E-state index in [-0.39, 0.29) is 12.4 Å². The van der Waals surface area contributed by atoms with Crippen LogP contribution in [0.15, 0.2) is 18.3 Å². The molecule has 0 bridgehead atoms. The van der Waals surface area contributed by atoms with Crippen LogP contribution in [0.3, 0.4) is 0 Å². The zero-order chi connectivity index (χ0) is 13.8. The number of hydrogen-bond donors (Lipinski definition) is 2. The van der Waals surface area contributed by atoms with E-state index in [1.165, 1.54) is 12.3 Å². The topological polar surface area (TPSA) is 45.1 Å². The van der Waals surface area contributed by atoms with Crippen molar-refractivity contribution in [1.29, 1.82) is 0 Å². The molecule has 0 aliphatic rings. The van der Waals surface area contributed by atoms with Crippen LogP contribution >= 0.6 is 0 Å². The number of nitrogens with zero attached hydrogens (tertiary/aromatic N) is 1. The lowest BCUT2D eigenvalue weighted by molar-refractivity contribution is -0.137. The van der Waals surface area contributed by atoms with Gasteiger partial charge in [0.25, 0.3) is 0 Å². The number of hydrogen-bond acceptors (Lipinski definition) is 3. The van der Waals surface area contributed by atoms with Crippen molar-refractivity contribution in [2.24, 2.45) is 0 Å². The predicted molar refractivity (Wildman–Crippen MR) is 63.3 cm³/mol. The zero-order valence-electron chi connectivity index (χ0n) is 10.4. The summed E-state index contributed by atoms with van der Waals surface area (Å²) in [5, 5.41) is 11.7. The SMILES string of the molecule is CCC(C)(CCO)Nc1ncccc1C(F)(F)F. The van der Waals surface area contributed by atoms with Crippen LogP contribution in [-0.4, -0.2) is 22.2 Å². The Labute approximate surface area is 104 Å². The van der Waals surface area contributed by atoms with E-state index in [0.717, 1.165) is 6.07 Å². The molecule has 1 rings (SSSR count). The van der Waals surface area contributed by atoms with Crippen LogP contribution in [-0.2, 0) is 6.18 Å². The summed E-state index contributed by atoms with van der Waals surface area (Å²) in [4.78, 5) is 3.75. The third-order valence-electron chi connectivity index (χ3n) is 2.98. The summed E-state index contributed by atoms with van der Waals surface area (Å²) >= 11 is 0. The summed E-state index contributed by atoms with van der Waals surface area (Å²) in [5.41, 5.74) is -1.40. The highest BCUT2D eigenvalue weighted by molar-refractivity contribution is 5.47. The van der Waals surface area contributed by atoms with Crippen molar-refractivity contribution in [3.8, 4) is 0 Å². The lowest BCUT2D eigenvalue weighted by atomic mass is 9.94. The Balaban J connectivity index is 3.04. The molecule has 0 aliphatic heterocycles. The summed E-state index contributed by atoms with van der Waals surface area (Å²) in [6, 6.07) is 2.24. The van der Waals surface area contributed by atoms with Gasteiger partial charge in [-0.3, -0.25) is 0 Å². The number of pyridine rings is 1. The smallest absolute Gasteiger partial charge is 0.396 e. The summed E-state index contributed by atoms with van der Waals surface area (Å²) in [6.07, 6.45) is -2.18. The van der Waals surface area contributed by atoms with E-state index in [9.17, 15) is 13.2 Å². The molecule has 1 atom stereocenters. The van der Waals surface area contributed by atoms with Crippen LogP contribution in [0.1, 0.15) is 32.3 Å². The van der Waals surface area contributed by atoms with Crippen LogP contribution in [0.25, 0.3) is 0 Å². The first-order valence-electron chi connectivity index (χ1n) is 5.73. The average Bonchev–Trinajstić information content (AvgIpc) is 2.28. The van der Waals surface area contributed by atoms with E-state index in [0.29, 0.717) is 12.8 Å². The van der Waals surface area contributed by atoms with Crippen LogP contribution in [0.4, 0.5) is 19.0 Å². The van der Waals surface area contributed by atoms with Crippen molar-refractivity contribution in [3.05, 3.63) is 23.9 Å². The quantitative estimate of drug-likeness (QED) is 0.857. The van der Waals surface area contributed by atoms with Crippen LogP contribution in [0.2, 0.25) is 0 Å².